The van der Waals surface area contributed by atoms with Gasteiger partial charge in [0.05, 0.1) is 20.1 Å². The molecule has 0 radical (unpaired) electrons. The summed E-state index contributed by atoms with van der Waals surface area (Å²) in [5, 5.41) is 2.94. The van der Waals surface area contributed by atoms with Crippen LogP contribution in [-0.4, -0.2) is 50.3 Å². The molecule has 1 fully saturated rings. The van der Waals surface area contributed by atoms with Crippen LogP contribution in [0.4, 0.5) is 5.69 Å². The van der Waals surface area contributed by atoms with Gasteiger partial charge in [0.1, 0.15) is 0 Å². The molecule has 1 saturated heterocycles. The summed E-state index contributed by atoms with van der Waals surface area (Å²) < 4.78 is 10.6. The Morgan fingerprint density at radius 3 is 2.69 bits per heavy atom. The van der Waals surface area contributed by atoms with Crippen molar-refractivity contribution in [3.05, 3.63) is 48.0 Å². The number of carbonyl (C=O) groups is 2. The lowest BCUT2D eigenvalue weighted by molar-refractivity contribution is -0.128. The Morgan fingerprint density at radius 1 is 1.17 bits per heavy atom. The third kappa shape index (κ3) is 5.23. The minimum Gasteiger partial charge on any atom is -0.493 e. The van der Waals surface area contributed by atoms with E-state index >= 15 is 0 Å². The summed E-state index contributed by atoms with van der Waals surface area (Å²) in [6.45, 7) is 1.01. The summed E-state index contributed by atoms with van der Waals surface area (Å²) in [6, 6.07) is 13.5. The van der Waals surface area contributed by atoms with E-state index in [1.165, 1.54) is 0 Å². The first-order chi connectivity index (χ1) is 14.0. The lowest BCUT2D eigenvalue weighted by Crippen LogP contribution is -2.30. The van der Waals surface area contributed by atoms with Crippen molar-refractivity contribution in [3.63, 3.8) is 0 Å². The van der Waals surface area contributed by atoms with E-state index in [1.807, 2.05) is 48.7 Å². The molecule has 29 heavy (non-hydrogen) atoms. The molecular formula is C22H26N2O4S. The first-order valence-electron chi connectivity index (χ1n) is 9.47. The molecule has 0 saturated carbocycles. The van der Waals surface area contributed by atoms with Crippen LogP contribution >= 0.6 is 11.8 Å². The normalized spacial score (nSPS) is 16.0. The average Bonchev–Trinajstić information content (AvgIpc) is 3.12. The maximum Gasteiger partial charge on any atom is 0.229 e. The van der Waals surface area contributed by atoms with Crippen LogP contribution in [0.15, 0.2) is 47.4 Å². The third-order valence-corrected chi connectivity index (χ3v) is 5.77. The first kappa shape index (κ1) is 21.0. The molecule has 0 bridgehead atoms. The molecule has 1 unspecified atom stereocenters. The SMILES string of the molecule is COc1ccc(CCN2CC(C(=O)Nc3cccc(SC)c3)CC2=O)cc1OC. The molecule has 0 aliphatic carbocycles. The number of thioether (sulfide) groups is 1. The summed E-state index contributed by atoms with van der Waals surface area (Å²) in [5.41, 5.74) is 1.82. The van der Waals surface area contributed by atoms with Gasteiger partial charge in [0.2, 0.25) is 11.8 Å². The number of nitrogens with one attached hydrogen (secondary N) is 1. The zero-order chi connectivity index (χ0) is 20.8. The summed E-state index contributed by atoms with van der Waals surface area (Å²) in [5.74, 6) is 0.929. The van der Waals surface area contributed by atoms with Crippen LogP contribution in [0, 0.1) is 5.92 Å². The summed E-state index contributed by atoms with van der Waals surface area (Å²) >= 11 is 1.62. The Labute approximate surface area is 175 Å². The van der Waals surface area contributed by atoms with Crippen LogP contribution in [0.2, 0.25) is 0 Å². The van der Waals surface area contributed by atoms with Crippen LogP contribution in [0.25, 0.3) is 0 Å². The third-order valence-electron chi connectivity index (χ3n) is 5.04. The van der Waals surface area contributed by atoms with Crippen LogP contribution in [0.5, 0.6) is 11.5 Å². The van der Waals surface area contributed by atoms with Crippen LogP contribution < -0.4 is 14.8 Å². The largest absolute Gasteiger partial charge is 0.493 e. The van der Waals surface area contributed by atoms with Gasteiger partial charge in [-0.25, -0.2) is 0 Å². The van der Waals surface area contributed by atoms with Gasteiger partial charge in [-0.2, -0.15) is 0 Å². The van der Waals surface area contributed by atoms with Gasteiger partial charge in [0.15, 0.2) is 11.5 Å². The summed E-state index contributed by atoms with van der Waals surface area (Å²) in [4.78, 5) is 27.8. The number of carbonyl (C=O) groups excluding carboxylic acids is 2. The second-order valence-electron chi connectivity index (χ2n) is 6.90. The van der Waals surface area contributed by atoms with E-state index in [4.69, 9.17) is 9.47 Å². The van der Waals surface area contributed by atoms with Crippen molar-refractivity contribution in [2.45, 2.75) is 17.7 Å². The summed E-state index contributed by atoms with van der Waals surface area (Å²) in [7, 11) is 3.20. The summed E-state index contributed by atoms with van der Waals surface area (Å²) in [6.07, 6.45) is 2.93. The van der Waals surface area contributed by atoms with Crippen LogP contribution in [0.3, 0.4) is 0 Å². The molecule has 0 spiro atoms. The van der Waals surface area contributed by atoms with Gasteiger partial charge in [-0.3, -0.25) is 9.59 Å². The second-order valence-corrected chi connectivity index (χ2v) is 7.78. The standard InChI is InChI=1S/C22H26N2O4S/c1-27-19-8-7-15(11-20(19)28-2)9-10-24-14-16(12-21(24)25)22(26)23-17-5-4-6-18(13-17)29-3/h4-8,11,13,16H,9-10,12,14H2,1-3H3,(H,23,26). The Bertz CT molecular complexity index is 887. The minimum absolute atomic E-state index is 0.0171. The molecule has 0 aromatic heterocycles. The number of benzene rings is 2. The number of likely N-dealkylation sites (tertiary alicyclic amines) is 1. The highest BCUT2D eigenvalue weighted by Crippen LogP contribution is 2.28. The Hall–Kier alpha value is -2.67. The van der Waals surface area contributed by atoms with Gasteiger partial charge in [0.25, 0.3) is 0 Å². The lowest BCUT2D eigenvalue weighted by Gasteiger charge is -2.17. The quantitative estimate of drug-likeness (QED) is 0.670. The fraction of sp³-hybridized carbons (Fsp3) is 0.364. The number of hydrogen-bond acceptors (Lipinski definition) is 5. The van der Waals surface area contributed by atoms with Gasteiger partial charge in [-0.1, -0.05) is 12.1 Å². The van der Waals surface area contributed by atoms with Crippen molar-refractivity contribution >= 4 is 29.3 Å². The highest BCUT2D eigenvalue weighted by molar-refractivity contribution is 7.98. The highest BCUT2D eigenvalue weighted by Gasteiger charge is 2.34. The lowest BCUT2D eigenvalue weighted by atomic mass is 10.1. The average molecular weight is 415 g/mol. The molecule has 2 amide bonds. The topological polar surface area (TPSA) is 67.9 Å². The Balaban J connectivity index is 1.56. The van der Waals surface area contributed by atoms with E-state index in [0.717, 1.165) is 16.1 Å². The minimum atomic E-state index is -0.328. The number of hydrogen-bond donors (Lipinski definition) is 1. The van der Waals surface area contributed by atoms with Crippen LogP contribution in [0.1, 0.15) is 12.0 Å². The molecule has 1 aliphatic rings. The highest BCUT2D eigenvalue weighted by atomic mass is 32.2. The van der Waals surface area contributed by atoms with Crippen molar-refractivity contribution in [1.29, 1.82) is 0 Å². The van der Waals surface area contributed by atoms with Crippen molar-refractivity contribution < 1.29 is 19.1 Å². The number of amides is 2. The van der Waals surface area contributed by atoms with Gasteiger partial charge in [0, 0.05) is 30.1 Å². The number of anilines is 1. The molecule has 2 aromatic carbocycles. The second kappa shape index (κ2) is 9.69. The molecular weight excluding hydrogens is 388 g/mol. The number of nitrogens with zero attached hydrogens (tertiary/aromatic N) is 1. The fourth-order valence-corrected chi connectivity index (χ4v) is 3.87. The van der Waals surface area contributed by atoms with Gasteiger partial charge >= 0.3 is 0 Å². The molecule has 154 valence electrons. The van der Waals surface area contributed by atoms with E-state index in [1.54, 1.807) is 30.9 Å². The van der Waals surface area contributed by atoms with E-state index < -0.39 is 0 Å². The van der Waals surface area contributed by atoms with E-state index in [-0.39, 0.29) is 24.2 Å². The smallest absolute Gasteiger partial charge is 0.229 e. The number of ether oxygens (including phenoxy) is 2. The molecule has 2 aromatic rings. The van der Waals surface area contributed by atoms with Crippen molar-refractivity contribution in [3.8, 4) is 11.5 Å². The van der Waals surface area contributed by atoms with Crippen molar-refractivity contribution in [2.75, 3.05) is 38.9 Å². The van der Waals surface area contributed by atoms with E-state index in [9.17, 15) is 9.59 Å². The molecule has 6 nitrogen and oxygen atoms in total. The van der Waals surface area contributed by atoms with Crippen molar-refractivity contribution in [1.82, 2.24) is 4.90 Å². The number of rotatable bonds is 8. The van der Waals surface area contributed by atoms with E-state index in [0.29, 0.717) is 31.0 Å². The molecule has 3 rings (SSSR count). The zero-order valence-electron chi connectivity index (χ0n) is 16.9. The fourth-order valence-electron chi connectivity index (χ4n) is 3.41. The number of methoxy groups -OCH3 is 2. The van der Waals surface area contributed by atoms with Gasteiger partial charge < -0.3 is 19.7 Å². The maximum atomic E-state index is 12.6. The predicted molar refractivity (Wildman–Crippen MR) is 115 cm³/mol. The predicted octanol–water partition coefficient (Wildman–Crippen LogP) is 3.46. The molecule has 7 heteroatoms. The van der Waals surface area contributed by atoms with Gasteiger partial charge in [-0.15, -0.1) is 11.8 Å². The van der Waals surface area contributed by atoms with Crippen LogP contribution in [-0.2, 0) is 16.0 Å². The van der Waals surface area contributed by atoms with Crippen molar-refractivity contribution in [2.24, 2.45) is 5.92 Å². The Kier molecular flexibility index (Phi) is 7.04. The maximum absolute atomic E-state index is 12.6. The van der Waals surface area contributed by atoms with Gasteiger partial charge in [-0.05, 0) is 48.6 Å². The molecule has 1 atom stereocenters. The Morgan fingerprint density at radius 2 is 1.97 bits per heavy atom. The zero-order valence-corrected chi connectivity index (χ0v) is 17.8. The first-order valence-corrected chi connectivity index (χ1v) is 10.7. The molecule has 1 heterocycles. The van der Waals surface area contributed by atoms with E-state index in [2.05, 4.69) is 5.32 Å². The molecule has 1 aliphatic heterocycles. The monoisotopic (exact) mass is 414 g/mol. The molecule has 1 N–H and O–H groups in total.